The number of nitrogens with zero attached hydrogens (tertiary/aromatic N) is 4. The van der Waals surface area contributed by atoms with Crippen molar-refractivity contribution < 1.29 is 18.3 Å². The van der Waals surface area contributed by atoms with Gasteiger partial charge < -0.3 is 9.64 Å². The smallest absolute Gasteiger partial charge is 0.278 e. The first-order valence-electron chi connectivity index (χ1n) is 13.0. The highest BCUT2D eigenvalue weighted by molar-refractivity contribution is 5.96. The standard InChI is InChI=1S/C31H26F2N4O3/c32-24-13-7-12-23-22(24)11-5-2-6-17-35-20-37(28(23)25-14-8-15-27(33)34-25)36-18-16-26(38)30(29(36)31(35)39)40-19-21-9-3-1-4-10-21/h1-4,6-10,12-16,18,28H,5,11,17,19-20H2/b6-2+. The van der Waals surface area contributed by atoms with E-state index in [0.717, 1.165) is 5.56 Å². The highest BCUT2D eigenvalue weighted by atomic mass is 19.1. The molecule has 1 amide bonds. The van der Waals surface area contributed by atoms with E-state index in [1.807, 2.05) is 42.5 Å². The quantitative estimate of drug-likeness (QED) is 0.276. The summed E-state index contributed by atoms with van der Waals surface area (Å²) in [5.74, 6) is -1.52. The van der Waals surface area contributed by atoms with Crippen LogP contribution in [0.2, 0.25) is 0 Å². The SMILES string of the molecule is O=C1c2c(OCc3ccccc3)c(=O)ccn2N2CN1C/C=C/CCc1c(F)cccc1C2c1cccc(F)n1. The predicted octanol–water partition coefficient (Wildman–Crippen LogP) is 4.74. The molecule has 4 heterocycles. The second-order valence-electron chi connectivity index (χ2n) is 9.69. The zero-order chi connectivity index (χ0) is 27.6. The monoisotopic (exact) mass is 540 g/mol. The molecule has 2 bridgehead atoms. The number of carbonyl (C=O) groups is 1. The molecule has 6 rings (SSSR count). The van der Waals surface area contributed by atoms with Crippen LogP contribution in [0.25, 0.3) is 0 Å². The van der Waals surface area contributed by atoms with E-state index in [0.29, 0.717) is 29.7 Å². The molecule has 0 fully saturated rings. The summed E-state index contributed by atoms with van der Waals surface area (Å²) in [5.41, 5.74) is 1.85. The number of benzene rings is 2. The molecular weight excluding hydrogens is 514 g/mol. The van der Waals surface area contributed by atoms with Crippen LogP contribution in [0.3, 0.4) is 0 Å². The van der Waals surface area contributed by atoms with Gasteiger partial charge in [-0.1, -0.05) is 60.7 Å². The van der Waals surface area contributed by atoms with Gasteiger partial charge in [0.15, 0.2) is 11.4 Å². The molecule has 7 nitrogen and oxygen atoms in total. The maximum atomic E-state index is 15.3. The Labute approximate surface area is 229 Å². The summed E-state index contributed by atoms with van der Waals surface area (Å²) >= 11 is 0. The zero-order valence-corrected chi connectivity index (χ0v) is 21.5. The van der Waals surface area contributed by atoms with Crippen molar-refractivity contribution in [3.63, 3.8) is 0 Å². The molecule has 202 valence electrons. The molecule has 2 aromatic carbocycles. The van der Waals surface area contributed by atoms with Crippen LogP contribution in [0.5, 0.6) is 5.75 Å². The summed E-state index contributed by atoms with van der Waals surface area (Å²) in [6, 6.07) is 19.2. The van der Waals surface area contributed by atoms with Gasteiger partial charge in [-0.25, -0.2) is 9.37 Å². The van der Waals surface area contributed by atoms with Crippen LogP contribution in [-0.4, -0.2) is 33.7 Å². The van der Waals surface area contributed by atoms with Gasteiger partial charge in [-0.05, 0) is 47.7 Å². The Hall–Kier alpha value is -4.79. The molecule has 0 N–H and O–H groups in total. The topological polar surface area (TPSA) is 67.7 Å². The summed E-state index contributed by atoms with van der Waals surface area (Å²) < 4.78 is 37.3. The van der Waals surface area contributed by atoms with Crippen molar-refractivity contribution in [3.05, 3.63) is 141 Å². The Morgan fingerprint density at radius 3 is 2.58 bits per heavy atom. The predicted molar refractivity (Wildman–Crippen MR) is 145 cm³/mol. The average Bonchev–Trinajstić information content (AvgIpc) is 2.99. The summed E-state index contributed by atoms with van der Waals surface area (Å²) in [5, 5.41) is 1.80. The van der Waals surface area contributed by atoms with Gasteiger partial charge in [0.1, 0.15) is 25.1 Å². The lowest BCUT2D eigenvalue weighted by Crippen LogP contribution is -2.55. The summed E-state index contributed by atoms with van der Waals surface area (Å²) in [4.78, 5) is 32.7. The van der Waals surface area contributed by atoms with Crippen LogP contribution in [0.1, 0.15) is 45.3 Å². The van der Waals surface area contributed by atoms with E-state index >= 15 is 4.39 Å². The minimum atomic E-state index is -0.779. The van der Waals surface area contributed by atoms with E-state index < -0.39 is 17.4 Å². The first-order valence-corrected chi connectivity index (χ1v) is 13.0. The molecular formula is C31H26F2N4O3. The molecule has 9 heteroatoms. The molecule has 4 aromatic rings. The minimum absolute atomic E-state index is 0.0432. The number of pyridine rings is 2. The van der Waals surface area contributed by atoms with Crippen molar-refractivity contribution >= 4 is 5.91 Å². The first kappa shape index (κ1) is 25.5. The average molecular weight is 541 g/mol. The van der Waals surface area contributed by atoms with Gasteiger partial charge in [0.2, 0.25) is 11.4 Å². The van der Waals surface area contributed by atoms with E-state index in [-0.39, 0.29) is 43.0 Å². The molecule has 40 heavy (non-hydrogen) atoms. The van der Waals surface area contributed by atoms with Crippen molar-refractivity contribution in [2.24, 2.45) is 0 Å². The van der Waals surface area contributed by atoms with E-state index in [9.17, 15) is 14.0 Å². The molecule has 0 aliphatic carbocycles. The van der Waals surface area contributed by atoms with Gasteiger partial charge in [-0.2, -0.15) is 4.39 Å². The number of halogens is 2. The van der Waals surface area contributed by atoms with Crippen molar-refractivity contribution in [2.45, 2.75) is 25.5 Å². The lowest BCUT2D eigenvalue weighted by Gasteiger charge is -2.43. The Morgan fingerprint density at radius 2 is 1.75 bits per heavy atom. The van der Waals surface area contributed by atoms with Gasteiger partial charge in [-0.15, -0.1) is 0 Å². The number of rotatable bonds is 4. The number of amides is 1. The lowest BCUT2D eigenvalue weighted by atomic mass is 9.93. The van der Waals surface area contributed by atoms with Gasteiger partial charge in [0, 0.05) is 18.8 Å². The molecule has 0 saturated carbocycles. The number of hydrogen-bond acceptors (Lipinski definition) is 5. The second-order valence-corrected chi connectivity index (χ2v) is 9.69. The fourth-order valence-corrected chi connectivity index (χ4v) is 5.28. The number of hydrogen-bond donors (Lipinski definition) is 0. The molecule has 0 saturated heterocycles. The van der Waals surface area contributed by atoms with Crippen LogP contribution in [0, 0.1) is 11.8 Å². The van der Waals surface area contributed by atoms with Crippen LogP contribution < -0.4 is 15.2 Å². The number of aromatic nitrogens is 2. The molecule has 0 spiro atoms. The third kappa shape index (κ3) is 4.75. The van der Waals surface area contributed by atoms with Crippen molar-refractivity contribution in [1.29, 1.82) is 0 Å². The maximum absolute atomic E-state index is 15.3. The Bertz CT molecular complexity index is 1650. The third-order valence-electron chi connectivity index (χ3n) is 7.16. The molecule has 1 atom stereocenters. The minimum Gasteiger partial charge on any atom is -0.482 e. The second kappa shape index (κ2) is 10.8. The fourth-order valence-electron chi connectivity index (χ4n) is 5.28. The third-order valence-corrected chi connectivity index (χ3v) is 7.16. The largest absolute Gasteiger partial charge is 0.482 e. The maximum Gasteiger partial charge on any atom is 0.278 e. The number of allylic oxidation sites excluding steroid dienone is 1. The van der Waals surface area contributed by atoms with Crippen molar-refractivity contribution in [2.75, 3.05) is 18.2 Å². The van der Waals surface area contributed by atoms with E-state index in [1.54, 1.807) is 38.9 Å². The van der Waals surface area contributed by atoms with Gasteiger partial charge in [0.25, 0.3) is 5.91 Å². The van der Waals surface area contributed by atoms with Crippen LogP contribution in [0.15, 0.2) is 95.9 Å². The fraction of sp³-hybridized carbons (Fsp3) is 0.194. The van der Waals surface area contributed by atoms with E-state index in [4.69, 9.17) is 4.74 Å². The molecule has 2 aliphatic heterocycles. The highest BCUT2D eigenvalue weighted by Crippen LogP contribution is 2.35. The summed E-state index contributed by atoms with van der Waals surface area (Å²) in [6.45, 7) is 0.428. The molecule has 2 aromatic heterocycles. The number of ether oxygens (including phenoxy) is 1. The molecule has 2 aliphatic rings. The summed E-state index contributed by atoms with van der Waals surface area (Å²) in [7, 11) is 0. The number of fused-ring (bicyclic) bond motifs is 5. The summed E-state index contributed by atoms with van der Waals surface area (Å²) in [6.07, 6.45) is 6.24. The first-order chi connectivity index (χ1) is 19.5. The molecule has 1 unspecified atom stereocenters. The van der Waals surface area contributed by atoms with Crippen LogP contribution >= 0.6 is 0 Å². The van der Waals surface area contributed by atoms with Crippen LogP contribution in [-0.2, 0) is 13.0 Å². The normalized spacial score (nSPS) is 17.4. The van der Waals surface area contributed by atoms with E-state index in [1.165, 1.54) is 24.4 Å². The molecule has 0 radical (unpaired) electrons. The lowest BCUT2D eigenvalue weighted by molar-refractivity contribution is 0.0697. The van der Waals surface area contributed by atoms with Crippen molar-refractivity contribution in [3.8, 4) is 5.75 Å². The zero-order valence-electron chi connectivity index (χ0n) is 21.5. The van der Waals surface area contributed by atoms with Gasteiger partial charge in [0.05, 0.1) is 5.69 Å². The number of carbonyl (C=O) groups excluding carboxylic acids is 1. The van der Waals surface area contributed by atoms with Crippen LogP contribution in [0.4, 0.5) is 8.78 Å². The Morgan fingerprint density at radius 1 is 0.925 bits per heavy atom. The van der Waals surface area contributed by atoms with Gasteiger partial charge in [-0.3, -0.25) is 19.3 Å². The van der Waals surface area contributed by atoms with E-state index in [2.05, 4.69) is 4.98 Å². The Balaban J connectivity index is 1.57. The van der Waals surface area contributed by atoms with Gasteiger partial charge >= 0.3 is 0 Å². The Kier molecular flexibility index (Phi) is 6.86. The van der Waals surface area contributed by atoms with Crippen molar-refractivity contribution in [1.82, 2.24) is 14.6 Å². The highest BCUT2D eigenvalue weighted by Gasteiger charge is 2.38.